The molecule has 32 heavy (non-hydrogen) atoms. The number of nitrogens with one attached hydrogen (secondary N) is 1. The third-order valence-electron chi connectivity index (χ3n) is 7.03. The molecule has 0 unspecified atom stereocenters. The number of hydrogen-bond donors (Lipinski definition) is 1. The molecule has 1 aliphatic carbocycles. The molecule has 0 spiro atoms. The van der Waals surface area contributed by atoms with Gasteiger partial charge in [-0.05, 0) is 56.9 Å². The second kappa shape index (κ2) is 10.2. The van der Waals surface area contributed by atoms with Gasteiger partial charge in [-0.1, -0.05) is 49.1 Å². The average molecular weight is 434 g/mol. The zero-order chi connectivity index (χ0) is 22.5. The summed E-state index contributed by atoms with van der Waals surface area (Å²) >= 11 is 0. The number of piperidine rings is 1. The van der Waals surface area contributed by atoms with E-state index in [9.17, 15) is 9.59 Å². The molecule has 0 bridgehead atoms. The van der Waals surface area contributed by atoms with E-state index in [-0.39, 0.29) is 17.9 Å². The van der Waals surface area contributed by atoms with Crippen molar-refractivity contribution in [3.63, 3.8) is 0 Å². The topological polar surface area (TPSA) is 52.7 Å². The van der Waals surface area contributed by atoms with Gasteiger partial charge in [0.1, 0.15) is 0 Å². The van der Waals surface area contributed by atoms with Crippen molar-refractivity contribution < 1.29 is 9.59 Å². The van der Waals surface area contributed by atoms with Crippen LogP contribution in [0.1, 0.15) is 71.2 Å². The standard InChI is InChI=1S/C27H35N3O2/c1-20-9-8-10-21(19-20)26(31)28-22-15-17-30(18-16-22)25-14-7-6-13-24(25)27(32)29(2)23-11-4-3-5-12-23/h6-10,13-14,19,22-23H,3-5,11-12,15-18H2,1-2H3,(H,28,31). The lowest BCUT2D eigenvalue weighted by atomic mass is 9.94. The lowest BCUT2D eigenvalue weighted by Gasteiger charge is -2.36. The Bertz CT molecular complexity index is 943. The molecule has 2 aromatic rings. The van der Waals surface area contributed by atoms with Gasteiger partial charge in [0.25, 0.3) is 11.8 Å². The van der Waals surface area contributed by atoms with Crippen molar-refractivity contribution in [1.29, 1.82) is 0 Å². The molecule has 0 atom stereocenters. The van der Waals surface area contributed by atoms with Crippen LogP contribution in [0.3, 0.4) is 0 Å². The van der Waals surface area contributed by atoms with Crippen LogP contribution in [0.15, 0.2) is 48.5 Å². The molecule has 1 N–H and O–H groups in total. The summed E-state index contributed by atoms with van der Waals surface area (Å²) < 4.78 is 0. The van der Waals surface area contributed by atoms with E-state index in [1.54, 1.807) is 0 Å². The molecule has 2 aliphatic rings. The molecule has 2 fully saturated rings. The fourth-order valence-electron chi connectivity index (χ4n) is 5.07. The molecule has 5 heteroatoms. The number of nitrogens with zero attached hydrogens (tertiary/aromatic N) is 2. The highest BCUT2D eigenvalue weighted by atomic mass is 16.2. The number of benzene rings is 2. The molecule has 5 nitrogen and oxygen atoms in total. The van der Waals surface area contributed by atoms with E-state index in [0.29, 0.717) is 11.6 Å². The van der Waals surface area contributed by atoms with E-state index < -0.39 is 0 Å². The zero-order valence-corrected chi connectivity index (χ0v) is 19.3. The van der Waals surface area contributed by atoms with Gasteiger partial charge in [0.15, 0.2) is 0 Å². The molecular weight excluding hydrogens is 398 g/mol. The number of para-hydroxylation sites is 1. The second-order valence-electron chi connectivity index (χ2n) is 9.33. The first-order valence-electron chi connectivity index (χ1n) is 12.0. The number of carbonyl (C=O) groups excluding carboxylic acids is 2. The number of aryl methyl sites for hydroxylation is 1. The Labute approximate surface area is 191 Å². The van der Waals surface area contributed by atoms with E-state index in [1.807, 2.05) is 61.3 Å². The van der Waals surface area contributed by atoms with Crippen molar-refractivity contribution in [2.45, 2.75) is 64.0 Å². The van der Waals surface area contributed by atoms with Crippen molar-refractivity contribution >= 4 is 17.5 Å². The van der Waals surface area contributed by atoms with Crippen LogP contribution in [0.4, 0.5) is 5.69 Å². The number of rotatable bonds is 5. The Morgan fingerprint density at radius 3 is 2.38 bits per heavy atom. The van der Waals surface area contributed by atoms with Crippen LogP contribution in [-0.2, 0) is 0 Å². The summed E-state index contributed by atoms with van der Waals surface area (Å²) in [6, 6.07) is 16.2. The monoisotopic (exact) mass is 433 g/mol. The second-order valence-corrected chi connectivity index (χ2v) is 9.33. The van der Waals surface area contributed by atoms with Crippen molar-refractivity contribution in [2.75, 3.05) is 25.0 Å². The van der Waals surface area contributed by atoms with Crippen LogP contribution in [0.25, 0.3) is 0 Å². The van der Waals surface area contributed by atoms with E-state index >= 15 is 0 Å². The van der Waals surface area contributed by atoms with E-state index in [2.05, 4.69) is 16.3 Å². The molecule has 4 rings (SSSR count). The minimum Gasteiger partial charge on any atom is -0.371 e. The summed E-state index contributed by atoms with van der Waals surface area (Å²) in [5, 5.41) is 3.19. The SMILES string of the molecule is Cc1cccc(C(=O)NC2CCN(c3ccccc3C(=O)N(C)C3CCCCC3)CC2)c1. The van der Waals surface area contributed by atoms with Gasteiger partial charge in [-0.2, -0.15) is 0 Å². The minimum atomic E-state index is -0.00293. The Morgan fingerprint density at radius 1 is 0.938 bits per heavy atom. The normalized spacial score (nSPS) is 17.8. The Kier molecular flexibility index (Phi) is 7.13. The lowest BCUT2D eigenvalue weighted by Crippen LogP contribution is -2.45. The third-order valence-corrected chi connectivity index (χ3v) is 7.03. The van der Waals surface area contributed by atoms with Crippen LogP contribution in [-0.4, -0.2) is 48.9 Å². The molecule has 1 heterocycles. The maximum absolute atomic E-state index is 13.3. The van der Waals surface area contributed by atoms with Gasteiger partial charge in [0.05, 0.1) is 5.56 Å². The highest BCUT2D eigenvalue weighted by Crippen LogP contribution is 2.28. The maximum Gasteiger partial charge on any atom is 0.255 e. The fraction of sp³-hybridized carbons (Fsp3) is 0.481. The van der Waals surface area contributed by atoms with Gasteiger partial charge < -0.3 is 15.1 Å². The fourth-order valence-corrected chi connectivity index (χ4v) is 5.07. The first kappa shape index (κ1) is 22.4. The van der Waals surface area contributed by atoms with Gasteiger partial charge in [0, 0.05) is 43.5 Å². The molecule has 2 aromatic carbocycles. The van der Waals surface area contributed by atoms with Crippen molar-refractivity contribution in [3.8, 4) is 0 Å². The van der Waals surface area contributed by atoms with Crippen LogP contribution < -0.4 is 10.2 Å². The average Bonchev–Trinajstić information content (AvgIpc) is 2.84. The summed E-state index contributed by atoms with van der Waals surface area (Å²) in [6.45, 7) is 3.66. The van der Waals surface area contributed by atoms with Gasteiger partial charge in [-0.25, -0.2) is 0 Å². The zero-order valence-electron chi connectivity index (χ0n) is 19.3. The van der Waals surface area contributed by atoms with E-state index in [4.69, 9.17) is 0 Å². The molecule has 0 aromatic heterocycles. The van der Waals surface area contributed by atoms with Crippen LogP contribution in [0.5, 0.6) is 0 Å². The van der Waals surface area contributed by atoms with Crippen LogP contribution in [0, 0.1) is 6.92 Å². The summed E-state index contributed by atoms with van der Waals surface area (Å²) in [4.78, 5) is 30.2. The Morgan fingerprint density at radius 2 is 1.66 bits per heavy atom. The van der Waals surface area contributed by atoms with Crippen molar-refractivity contribution in [2.24, 2.45) is 0 Å². The maximum atomic E-state index is 13.3. The van der Waals surface area contributed by atoms with Crippen molar-refractivity contribution in [1.82, 2.24) is 10.2 Å². The first-order chi connectivity index (χ1) is 15.5. The molecule has 1 aliphatic heterocycles. The molecular formula is C27H35N3O2. The number of carbonyl (C=O) groups is 2. The molecule has 1 saturated carbocycles. The van der Waals surface area contributed by atoms with Gasteiger partial charge >= 0.3 is 0 Å². The Balaban J connectivity index is 1.38. The largest absolute Gasteiger partial charge is 0.371 e. The quantitative estimate of drug-likeness (QED) is 0.737. The summed E-state index contributed by atoms with van der Waals surface area (Å²) in [7, 11) is 1.96. The number of anilines is 1. The first-order valence-corrected chi connectivity index (χ1v) is 12.0. The molecule has 170 valence electrons. The minimum absolute atomic E-state index is 0.00293. The van der Waals surface area contributed by atoms with E-state index in [0.717, 1.165) is 55.6 Å². The predicted molar refractivity (Wildman–Crippen MR) is 129 cm³/mol. The third kappa shape index (κ3) is 5.14. The van der Waals surface area contributed by atoms with Crippen LogP contribution in [0.2, 0.25) is 0 Å². The lowest BCUT2D eigenvalue weighted by molar-refractivity contribution is 0.0696. The summed E-state index contributed by atoms with van der Waals surface area (Å²) in [6.07, 6.45) is 7.67. The van der Waals surface area contributed by atoms with Gasteiger partial charge in [0.2, 0.25) is 0 Å². The summed E-state index contributed by atoms with van der Waals surface area (Å²) in [5.74, 6) is 0.124. The van der Waals surface area contributed by atoms with E-state index in [1.165, 1.54) is 19.3 Å². The predicted octanol–water partition coefficient (Wildman–Crippen LogP) is 4.80. The highest BCUT2D eigenvalue weighted by molar-refractivity contribution is 6.00. The molecule has 2 amide bonds. The smallest absolute Gasteiger partial charge is 0.255 e. The number of hydrogen-bond acceptors (Lipinski definition) is 3. The highest BCUT2D eigenvalue weighted by Gasteiger charge is 2.28. The van der Waals surface area contributed by atoms with Crippen LogP contribution >= 0.6 is 0 Å². The van der Waals surface area contributed by atoms with Crippen molar-refractivity contribution in [3.05, 3.63) is 65.2 Å². The number of amides is 2. The Hall–Kier alpha value is -2.82. The molecule has 1 saturated heterocycles. The molecule has 0 radical (unpaired) electrons. The van der Waals surface area contributed by atoms with Gasteiger partial charge in [-0.15, -0.1) is 0 Å². The summed E-state index contributed by atoms with van der Waals surface area (Å²) in [5.41, 5.74) is 3.62. The van der Waals surface area contributed by atoms with Gasteiger partial charge in [-0.3, -0.25) is 9.59 Å².